The molecular weight excluding hydrogens is 267 g/mol. The SMILES string of the molecule is C[C@H](NC(=O)c1cscn1)[C@H](O)c1ccc(F)cc1. The van der Waals surface area contributed by atoms with Crippen LogP contribution < -0.4 is 5.32 Å². The summed E-state index contributed by atoms with van der Waals surface area (Å²) in [5.41, 5.74) is 2.44. The van der Waals surface area contributed by atoms with Gasteiger partial charge in [0.05, 0.1) is 17.7 Å². The maximum absolute atomic E-state index is 12.8. The molecule has 0 radical (unpaired) electrons. The zero-order valence-electron chi connectivity index (χ0n) is 10.2. The van der Waals surface area contributed by atoms with Gasteiger partial charge in [0.25, 0.3) is 5.91 Å². The summed E-state index contributed by atoms with van der Waals surface area (Å²) in [6.07, 6.45) is -0.900. The third-order valence-electron chi connectivity index (χ3n) is 2.71. The predicted octanol–water partition coefficient (Wildman–Crippen LogP) is 2.13. The van der Waals surface area contributed by atoms with Gasteiger partial charge in [-0.1, -0.05) is 12.1 Å². The van der Waals surface area contributed by atoms with Crippen molar-refractivity contribution >= 4 is 17.2 Å². The molecule has 19 heavy (non-hydrogen) atoms. The number of aliphatic hydroxyl groups is 1. The molecule has 0 aliphatic heterocycles. The van der Waals surface area contributed by atoms with Crippen molar-refractivity contribution in [1.82, 2.24) is 10.3 Å². The van der Waals surface area contributed by atoms with Gasteiger partial charge in [0, 0.05) is 5.38 Å². The number of thiazole rings is 1. The molecule has 6 heteroatoms. The molecule has 0 bridgehead atoms. The van der Waals surface area contributed by atoms with Crippen LogP contribution in [0.25, 0.3) is 0 Å². The van der Waals surface area contributed by atoms with Crippen LogP contribution in [0.3, 0.4) is 0 Å². The van der Waals surface area contributed by atoms with E-state index in [0.29, 0.717) is 11.3 Å². The van der Waals surface area contributed by atoms with Gasteiger partial charge in [-0.25, -0.2) is 9.37 Å². The highest BCUT2D eigenvalue weighted by Gasteiger charge is 2.19. The van der Waals surface area contributed by atoms with E-state index in [1.807, 2.05) is 0 Å². The van der Waals surface area contributed by atoms with Crippen LogP contribution in [0.4, 0.5) is 4.39 Å². The molecule has 1 amide bonds. The summed E-state index contributed by atoms with van der Waals surface area (Å²) in [6, 6.07) is 5.03. The van der Waals surface area contributed by atoms with Gasteiger partial charge < -0.3 is 10.4 Å². The van der Waals surface area contributed by atoms with Crippen molar-refractivity contribution in [3.05, 3.63) is 52.2 Å². The zero-order valence-corrected chi connectivity index (χ0v) is 11.0. The van der Waals surface area contributed by atoms with Crippen LogP contribution in [0.15, 0.2) is 35.2 Å². The Morgan fingerprint density at radius 1 is 1.42 bits per heavy atom. The summed E-state index contributed by atoms with van der Waals surface area (Å²) in [4.78, 5) is 15.7. The minimum Gasteiger partial charge on any atom is -0.386 e. The normalized spacial score (nSPS) is 13.8. The van der Waals surface area contributed by atoms with Gasteiger partial charge >= 0.3 is 0 Å². The van der Waals surface area contributed by atoms with Gasteiger partial charge in [0.15, 0.2) is 0 Å². The number of hydrogen-bond donors (Lipinski definition) is 2. The Morgan fingerprint density at radius 2 is 2.11 bits per heavy atom. The fraction of sp³-hybridized carbons (Fsp3) is 0.231. The summed E-state index contributed by atoms with van der Waals surface area (Å²) in [6.45, 7) is 1.68. The highest BCUT2D eigenvalue weighted by molar-refractivity contribution is 7.07. The van der Waals surface area contributed by atoms with Crippen LogP contribution in [0.1, 0.15) is 29.1 Å². The number of hydrogen-bond acceptors (Lipinski definition) is 4. The number of benzene rings is 1. The lowest BCUT2D eigenvalue weighted by Gasteiger charge is -2.20. The lowest BCUT2D eigenvalue weighted by atomic mass is 10.0. The Kier molecular flexibility index (Phi) is 4.24. The topological polar surface area (TPSA) is 62.2 Å². The molecule has 100 valence electrons. The lowest BCUT2D eigenvalue weighted by Crippen LogP contribution is -2.37. The predicted molar refractivity (Wildman–Crippen MR) is 70.4 cm³/mol. The number of nitrogens with zero attached hydrogens (tertiary/aromatic N) is 1. The maximum atomic E-state index is 12.8. The van der Waals surface area contributed by atoms with E-state index in [1.54, 1.807) is 17.8 Å². The van der Waals surface area contributed by atoms with Gasteiger partial charge in [-0.15, -0.1) is 11.3 Å². The van der Waals surface area contributed by atoms with Crippen LogP contribution in [-0.2, 0) is 0 Å². The fourth-order valence-corrected chi connectivity index (χ4v) is 2.17. The minimum absolute atomic E-state index is 0.322. The molecule has 0 spiro atoms. The first kappa shape index (κ1) is 13.6. The van der Waals surface area contributed by atoms with E-state index in [9.17, 15) is 14.3 Å². The molecule has 0 unspecified atom stereocenters. The maximum Gasteiger partial charge on any atom is 0.271 e. The quantitative estimate of drug-likeness (QED) is 0.902. The van der Waals surface area contributed by atoms with E-state index in [4.69, 9.17) is 0 Å². The van der Waals surface area contributed by atoms with Crippen molar-refractivity contribution in [3.8, 4) is 0 Å². The van der Waals surface area contributed by atoms with Crippen LogP contribution in [0, 0.1) is 5.82 Å². The van der Waals surface area contributed by atoms with E-state index in [2.05, 4.69) is 10.3 Å². The average Bonchev–Trinajstić information content (AvgIpc) is 2.92. The van der Waals surface area contributed by atoms with Crippen LogP contribution in [0.5, 0.6) is 0 Å². The van der Waals surface area contributed by atoms with E-state index in [-0.39, 0.29) is 11.7 Å². The second kappa shape index (κ2) is 5.90. The molecule has 0 fully saturated rings. The zero-order chi connectivity index (χ0) is 13.8. The molecular formula is C13H13FN2O2S. The lowest BCUT2D eigenvalue weighted by molar-refractivity contribution is 0.0848. The van der Waals surface area contributed by atoms with Crippen LogP contribution in [-0.4, -0.2) is 22.0 Å². The van der Waals surface area contributed by atoms with Crippen molar-refractivity contribution < 1.29 is 14.3 Å². The average molecular weight is 280 g/mol. The molecule has 1 heterocycles. The molecule has 2 atom stereocenters. The number of aliphatic hydroxyl groups excluding tert-OH is 1. The Bertz CT molecular complexity index is 542. The highest BCUT2D eigenvalue weighted by Crippen LogP contribution is 2.17. The molecule has 1 aromatic carbocycles. The Labute approximate surface area is 113 Å². The summed E-state index contributed by atoms with van der Waals surface area (Å²) in [7, 11) is 0. The summed E-state index contributed by atoms with van der Waals surface area (Å²) in [5.74, 6) is -0.704. The first-order valence-electron chi connectivity index (χ1n) is 5.70. The molecule has 1 aromatic heterocycles. The number of nitrogens with one attached hydrogen (secondary N) is 1. The van der Waals surface area contributed by atoms with Gasteiger partial charge in [-0.05, 0) is 24.6 Å². The Morgan fingerprint density at radius 3 is 2.68 bits per heavy atom. The Hall–Kier alpha value is -1.79. The molecule has 2 aromatic rings. The number of carbonyl (C=O) groups excluding carboxylic acids is 1. The summed E-state index contributed by atoms with van der Waals surface area (Å²) < 4.78 is 12.8. The van der Waals surface area contributed by atoms with Gasteiger partial charge in [0.2, 0.25) is 0 Å². The number of halogens is 1. The van der Waals surface area contributed by atoms with Crippen molar-refractivity contribution in [2.45, 2.75) is 19.1 Å². The van der Waals surface area contributed by atoms with Crippen LogP contribution >= 0.6 is 11.3 Å². The standard InChI is InChI=1S/C13H13FN2O2S/c1-8(16-13(18)11-6-19-7-15-11)12(17)9-2-4-10(14)5-3-9/h2-8,12,17H,1H3,(H,16,18)/t8-,12-/m0/s1. The van der Waals surface area contributed by atoms with Crippen molar-refractivity contribution in [2.75, 3.05) is 0 Å². The van der Waals surface area contributed by atoms with Gasteiger partial charge in [0.1, 0.15) is 11.5 Å². The first-order valence-corrected chi connectivity index (χ1v) is 6.65. The second-order valence-electron chi connectivity index (χ2n) is 4.13. The fourth-order valence-electron chi connectivity index (χ4n) is 1.63. The number of carbonyl (C=O) groups is 1. The van der Waals surface area contributed by atoms with E-state index >= 15 is 0 Å². The molecule has 4 nitrogen and oxygen atoms in total. The van der Waals surface area contributed by atoms with Crippen molar-refractivity contribution in [2.24, 2.45) is 0 Å². The Balaban J connectivity index is 2.01. The van der Waals surface area contributed by atoms with E-state index in [0.717, 1.165) is 0 Å². The van der Waals surface area contributed by atoms with E-state index in [1.165, 1.54) is 35.6 Å². The molecule has 2 rings (SSSR count). The van der Waals surface area contributed by atoms with E-state index < -0.39 is 12.1 Å². The summed E-state index contributed by atoms with van der Waals surface area (Å²) >= 11 is 1.33. The third kappa shape index (κ3) is 3.36. The minimum atomic E-state index is -0.900. The molecule has 0 aliphatic rings. The smallest absolute Gasteiger partial charge is 0.271 e. The van der Waals surface area contributed by atoms with Gasteiger partial charge in [-0.2, -0.15) is 0 Å². The molecule has 0 saturated carbocycles. The van der Waals surface area contributed by atoms with Crippen molar-refractivity contribution in [1.29, 1.82) is 0 Å². The number of aromatic nitrogens is 1. The van der Waals surface area contributed by atoms with Gasteiger partial charge in [-0.3, -0.25) is 4.79 Å². The summed E-state index contributed by atoms with van der Waals surface area (Å²) in [5, 5.41) is 14.4. The molecule has 2 N–H and O–H groups in total. The first-order chi connectivity index (χ1) is 9.08. The number of amides is 1. The highest BCUT2D eigenvalue weighted by atomic mass is 32.1. The molecule has 0 saturated heterocycles. The monoisotopic (exact) mass is 280 g/mol. The largest absolute Gasteiger partial charge is 0.386 e. The molecule has 0 aliphatic carbocycles. The second-order valence-corrected chi connectivity index (χ2v) is 4.85. The van der Waals surface area contributed by atoms with Crippen molar-refractivity contribution in [3.63, 3.8) is 0 Å². The third-order valence-corrected chi connectivity index (χ3v) is 3.30. The number of rotatable bonds is 4. The van der Waals surface area contributed by atoms with Crippen LogP contribution in [0.2, 0.25) is 0 Å².